The van der Waals surface area contributed by atoms with Gasteiger partial charge in [-0.2, -0.15) is 4.31 Å². The molecule has 5 nitrogen and oxygen atoms in total. The molecule has 2 unspecified atom stereocenters. The number of sulfonamides is 1. The SMILES string of the molecule is CCCC1SCC(C(=O)O)N1S(=O)(=O)CC(C)(C)C. The predicted octanol–water partition coefficient (Wildman–Crippen LogP) is 1.99. The van der Waals surface area contributed by atoms with Crippen LogP contribution in [-0.2, 0) is 14.8 Å². The maximum Gasteiger partial charge on any atom is 0.322 e. The van der Waals surface area contributed by atoms with Crippen molar-refractivity contribution in [3.63, 3.8) is 0 Å². The molecule has 1 heterocycles. The number of rotatable bonds is 5. The van der Waals surface area contributed by atoms with E-state index in [1.165, 1.54) is 16.1 Å². The van der Waals surface area contributed by atoms with Crippen LogP contribution in [0, 0.1) is 5.41 Å². The molecule has 1 rings (SSSR count). The predicted molar refractivity (Wildman–Crippen MR) is 77.7 cm³/mol. The van der Waals surface area contributed by atoms with E-state index in [1.807, 2.05) is 27.7 Å². The lowest BCUT2D eigenvalue weighted by Gasteiger charge is -2.29. The van der Waals surface area contributed by atoms with Gasteiger partial charge >= 0.3 is 5.97 Å². The average Bonchev–Trinajstić information content (AvgIpc) is 2.58. The normalized spacial score (nSPS) is 25.7. The molecule has 1 fully saturated rings. The molecule has 0 aromatic carbocycles. The average molecular weight is 309 g/mol. The molecule has 112 valence electrons. The number of thioether (sulfide) groups is 1. The van der Waals surface area contributed by atoms with Crippen LogP contribution in [0.25, 0.3) is 0 Å². The summed E-state index contributed by atoms with van der Waals surface area (Å²) >= 11 is 1.43. The molecular formula is C12H23NO4S2. The van der Waals surface area contributed by atoms with Gasteiger partial charge in [0.25, 0.3) is 0 Å². The van der Waals surface area contributed by atoms with E-state index in [-0.39, 0.29) is 16.5 Å². The lowest BCUT2D eigenvalue weighted by molar-refractivity contribution is -0.140. The largest absolute Gasteiger partial charge is 0.480 e. The molecule has 0 bridgehead atoms. The van der Waals surface area contributed by atoms with Gasteiger partial charge in [0.05, 0.1) is 11.1 Å². The number of carboxylic acids is 1. The molecule has 0 spiro atoms. The van der Waals surface area contributed by atoms with Crippen LogP contribution >= 0.6 is 11.8 Å². The zero-order valence-electron chi connectivity index (χ0n) is 11.9. The van der Waals surface area contributed by atoms with Gasteiger partial charge < -0.3 is 5.11 Å². The molecule has 0 aliphatic carbocycles. The lowest BCUT2D eigenvalue weighted by atomic mass is 10.0. The zero-order valence-corrected chi connectivity index (χ0v) is 13.6. The van der Waals surface area contributed by atoms with Crippen molar-refractivity contribution in [2.24, 2.45) is 5.41 Å². The summed E-state index contributed by atoms with van der Waals surface area (Å²) in [6.07, 6.45) is 1.53. The topological polar surface area (TPSA) is 74.7 Å². The van der Waals surface area contributed by atoms with Crippen molar-refractivity contribution in [1.82, 2.24) is 4.31 Å². The van der Waals surface area contributed by atoms with Crippen molar-refractivity contribution in [2.45, 2.75) is 52.0 Å². The Morgan fingerprint density at radius 2 is 2.00 bits per heavy atom. The molecule has 1 saturated heterocycles. The highest BCUT2D eigenvalue weighted by molar-refractivity contribution is 8.01. The van der Waals surface area contributed by atoms with Crippen LogP contribution in [0.3, 0.4) is 0 Å². The third kappa shape index (κ3) is 4.36. The van der Waals surface area contributed by atoms with Gasteiger partial charge in [0, 0.05) is 5.75 Å². The second-order valence-electron chi connectivity index (χ2n) is 6.08. The second kappa shape index (κ2) is 6.01. The van der Waals surface area contributed by atoms with Crippen LogP contribution in [0.2, 0.25) is 0 Å². The molecule has 0 radical (unpaired) electrons. The molecule has 0 aromatic heterocycles. The maximum atomic E-state index is 12.5. The number of hydrogen-bond donors (Lipinski definition) is 1. The van der Waals surface area contributed by atoms with Crippen molar-refractivity contribution in [3.8, 4) is 0 Å². The maximum absolute atomic E-state index is 12.5. The second-order valence-corrected chi connectivity index (χ2v) is 9.16. The summed E-state index contributed by atoms with van der Waals surface area (Å²) in [7, 11) is -3.55. The molecular weight excluding hydrogens is 286 g/mol. The fraction of sp³-hybridized carbons (Fsp3) is 0.917. The standard InChI is InChI=1S/C12H23NO4S2/c1-5-6-10-13(9(7-18-10)11(14)15)19(16,17)8-12(2,3)4/h9-10H,5-8H2,1-4H3,(H,14,15). The lowest BCUT2D eigenvalue weighted by Crippen LogP contribution is -2.48. The molecule has 19 heavy (non-hydrogen) atoms. The molecule has 0 saturated carbocycles. The summed E-state index contributed by atoms with van der Waals surface area (Å²) in [5.74, 6) is -0.739. The van der Waals surface area contributed by atoms with Crippen molar-refractivity contribution < 1.29 is 18.3 Å². The Labute approximate surface area is 119 Å². The van der Waals surface area contributed by atoms with Crippen LogP contribution in [0.5, 0.6) is 0 Å². The van der Waals surface area contributed by atoms with Crippen molar-refractivity contribution in [3.05, 3.63) is 0 Å². The minimum atomic E-state index is -3.55. The first-order chi connectivity index (χ1) is 8.58. The summed E-state index contributed by atoms with van der Waals surface area (Å²) in [5.41, 5.74) is -0.383. The Morgan fingerprint density at radius 3 is 2.42 bits per heavy atom. The highest BCUT2D eigenvalue weighted by Crippen LogP contribution is 2.36. The van der Waals surface area contributed by atoms with Crippen LogP contribution in [0.1, 0.15) is 40.5 Å². The monoisotopic (exact) mass is 309 g/mol. The summed E-state index contributed by atoms with van der Waals surface area (Å²) in [5, 5.41) is 8.97. The van der Waals surface area contributed by atoms with Gasteiger partial charge in [0.1, 0.15) is 6.04 Å². The van der Waals surface area contributed by atoms with Gasteiger partial charge in [-0.05, 0) is 11.8 Å². The first kappa shape index (κ1) is 16.8. The van der Waals surface area contributed by atoms with Crippen LogP contribution in [0.15, 0.2) is 0 Å². The highest BCUT2D eigenvalue weighted by Gasteiger charge is 2.46. The molecule has 1 aliphatic heterocycles. The van der Waals surface area contributed by atoms with Gasteiger partial charge in [0.2, 0.25) is 10.0 Å². The third-order valence-electron chi connectivity index (χ3n) is 2.79. The summed E-state index contributed by atoms with van der Waals surface area (Å²) in [6.45, 7) is 7.51. The van der Waals surface area contributed by atoms with Crippen LogP contribution in [-0.4, -0.2) is 46.7 Å². The summed E-state index contributed by atoms with van der Waals surface area (Å²) in [4.78, 5) is 11.3. The Hall–Kier alpha value is -0.270. The van der Waals surface area contributed by atoms with E-state index in [4.69, 9.17) is 0 Å². The molecule has 0 amide bonds. The van der Waals surface area contributed by atoms with E-state index >= 15 is 0 Å². The number of nitrogens with zero attached hydrogens (tertiary/aromatic N) is 1. The third-order valence-corrected chi connectivity index (χ3v) is 6.67. The molecule has 0 aromatic rings. The number of hydrogen-bond acceptors (Lipinski definition) is 4. The highest BCUT2D eigenvalue weighted by atomic mass is 32.2. The Morgan fingerprint density at radius 1 is 1.42 bits per heavy atom. The van der Waals surface area contributed by atoms with Crippen molar-refractivity contribution in [2.75, 3.05) is 11.5 Å². The van der Waals surface area contributed by atoms with E-state index in [1.54, 1.807) is 0 Å². The minimum Gasteiger partial charge on any atom is -0.480 e. The first-order valence-electron chi connectivity index (χ1n) is 6.44. The van der Waals surface area contributed by atoms with E-state index in [2.05, 4.69) is 0 Å². The Kier molecular flexibility index (Phi) is 5.31. The van der Waals surface area contributed by atoms with Crippen molar-refractivity contribution in [1.29, 1.82) is 0 Å². The fourth-order valence-electron chi connectivity index (χ4n) is 2.18. The van der Waals surface area contributed by atoms with Crippen LogP contribution in [0.4, 0.5) is 0 Å². The molecule has 1 aliphatic rings. The number of carbonyl (C=O) groups is 1. The van der Waals surface area contributed by atoms with Gasteiger partial charge in [-0.3, -0.25) is 4.79 Å². The molecule has 7 heteroatoms. The first-order valence-corrected chi connectivity index (χ1v) is 9.10. The van der Waals surface area contributed by atoms with E-state index in [0.717, 1.165) is 6.42 Å². The number of aliphatic carboxylic acids is 1. The molecule has 1 N–H and O–H groups in total. The van der Waals surface area contributed by atoms with Gasteiger partial charge in [-0.15, -0.1) is 11.8 Å². The van der Waals surface area contributed by atoms with E-state index in [9.17, 15) is 18.3 Å². The van der Waals surface area contributed by atoms with Gasteiger partial charge in [0.15, 0.2) is 0 Å². The smallest absolute Gasteiger partial charge is 0.322 e. The van der Waals surface area contributed by atoms with E-state index < -0.39 is 22.0 Å². The summed E-state index contributed by atoms with van der Waals surface area (Å²) < 4.78 is 26.2. The zero-order chi connectivity index (χ0) is 14.8. The van der Waals surface area contributed by atoms with E-state index in [0.29, 0.717) is 12.2 Å². The van der Waals surface area contributed by atoms with Crippen LogP contribution < -0.4 is 0 Å². The Balaban J connectivity index is 3.04. The Bertz CT molecular complexity index is 428. The fourth-order valence-corrected chi connectivity index (χ4v) is 6.52. The summed E-state index contributed by atoms with van der Waals surface area (Å²) in [6, 6.07) is -0.922. The van der Waals surface area contributed by atoms with Gasteiger partial charge in [-0.25, -0.2) is 8.42 Å². The van der Waals surface area contributed by atoms with Crippen molar-refractivity contribution >= 4 is 27.8 Å². The quantitative estimate of drug-likeness (QED) is 0.840. The minimum absolute atomic E-state index is 0.0233. The molecule has 2 atom stereocenters. The van der Waals surface area contributed by atoms with Gasteiger partial charge in [-0.1, -0.05) is 34.1 Å². The number of carboxylic acid groups (broad SMARTS) is 1.